The van der Waals surface area contributed by atoms with E-state index in [-0.39, 0.29) is 6.09 Å². The minimum atomic E-state index is -0.421. The molecular weight excluding hydrogens is 204 g/mol. The lowest BCUT2D eigenvalue weighted by atomic mass is 10.2. The van der Waals surface area contributed by atoms with E-state index in [1.807, 2.05) is 27.0 Å². The Morgan fingerprint density at radius 3 is 2.50 bits per heavy atom. The number of ether oxygens (including phenoxy) is 1. The zero-order valence-electron chi connectivity index (χ0n) is 10.7. The minimum Gasteiger partial charge on any atom is -0.444 e. The maximum absolute atomic E-state index is 11.8. The second-order valence-corrected chi connectivity index (χ2v) is 5.20. The number of rotatable bonds is 1. The molecule has 1 saturated heterocycles. The summed E-state index contributed by atoms with van der Waals surface area (Å²) in [7, 11) is 0. The van der Waals surface area contributed by atoms with E-state index < -0.39 is 5.60 Å². The van der Waals surface area contributed by atoms with Crippen LogP contribution in [-0.4, -0.2) is 47.2 Å². The van der Waals surface area contributed by atoms with Gasteiger partial charge in [-0.05, 0) is 33.9 Å². The van der Waals surface area contributed by atoms with Crippen molar-refractivity contribution in [2.75, 3.05) is 19.6 Å². The first kappa shape index (κ1) is 12.9. The van der Waals surface area contributed by atoms with Crippen molar-refractivity contribution < 1.29 is 9.53 Å². The molecule has 1 rings (SSSR count). The van der Waals surface area contributed by atoms with Crippen LogP contribution in [0.1, 0.15) is 27.7 Å². The molecule has 0 saturated carbocycles. The van der Waals surface area contributed by atoms with Gasteiger partial charge < -0.3 is 14.5 Å². The maximum Gasteiger partial charge on any atom is 0.410 e. The molecule has 92 valence electrons. The molecule has 0 aromatic rings. The summed E-state index contributed by atoms with van der Waals surface area (Å²) in [6.45, 7) is 13.7. The average Bonchev–Trinajstić information content (AvgIpc) is 2.15. The Morgan fingerprint density at radius 2 is 2.06 bits per heavy atom. The van der Waals surface area contributed by atoms with Crippen molar-refractivity contribution in [1.82, 2.24) is 9.80 Å². The van der Waals surface area contributed by atoms with Crippen molar-refractivity contribution in [2.24, 2.45) is 0 Å². The second kappa shape index (κ2) is 4.76. The van der Waals surface area contributed by atoms with Gasteiger partial charge in [0.15, 0.2) is 0 Å². The van der Waals surface area contributed by atoms with Crippen LogP contribution in [0.4, 0.5) is 4.79 Å². The van der Waals surface area contributed by atoms with Gasteiger partial charge in [0.1, 0.15) is 5.60 Å². The summed E-state index contributed by atoms with van der Waals surface area (Å²) < 4.78 is 5.34. The van der Waals surface area contributed by atoms with Gasteiger partial charge in [-0.2, -0.15) is 0 Å². The van der Waals surface area contributed by atoms with Crippen LogP contribution in [0, 0.1) is 0 Å². The molecule has 0 aliphatic carbocycles. The van der Waals surface area contributed by atoms with Gasteiger partial charge in [-0.3, -0.25) is 0 Å². The zero-order chi connectivity index (χ0) is 12.3. The summed E-state index contributed by atoms with van der Waals surface area (Å²) in [5.74, 6) is 0. The molecule has 1 aliphatic rings. The van der Waals surface area contributed by atoms with Crippen LogP contribution in [0.25, 0.3) is 0 Å². The number of hydrogen-bond acceptors (Lipinski definition) is 3. The molecule has 0 aromatic heterocycles. The van der Waals surface area contributed by atoms with Gasteiger partial charge in [0, 0.05) is 25.7 Å². The predicted molar refractivity (Wildman–Crippen MR) is 64.2 cm³/mol. The topological polar surface area (TPSA) is 32.8 Å². The summed E-state index contributed by atoms with van der Waals surface area (Å²) in [5, 5.41) is 0. The Morgan fingerprint density at radius 1 is 1.44 bits per heavy atom. The van der Waals surface area contributed by atoms with Gasteiger partial charge in [0.05, 0.1) is 0 Å². The van der Waals surface area contributed by atoms with Crippen LogP contribution in [0.3, 0.4) is 0 Å². The van der Waals surface area contributed by atoms with Gasteiger partial charge in [-0.15, -0.1) is 0 Å². The highest BCUT2D eigenvalue weighted by atomic mass is 16.6. The number of hydrogen-bond donors (Lipinski definition) is 0. The first-order chi connectivity index (χ1) is 7.33. The Hall–Kier alpha value is -1.19. The Kier molecular flexibility index (Phi) is 3.83. The normalized spacial score (nSPS) is 21.9. The lowest BCUT2D eigenvalue weighted by molar-refractivity contribution is 0.0115. The fraction of sp³-hybridized carbons (Fsp3) is 0.750. The lowest BCUT2D eigenvalue weighted by Crippen LogP contribution is -2.52. The van der Waals surface area contributed by atoms with Gasteiger partial charge >= 0.3 is 6.09 Å². The monoisotopic (exact) mass is 226 g/mol. The van der Waals surface area contributed by atoms with E-state index in [1.54, 1.807) is 4.90 Å². The summed E-state index contributed by atoms with van der Waals surface area (Å²) >= 11 is 0. The predicted octanol–water partition coefficient (Wildman–Crippen LogP) is 2.07. The number of piperazine rings is 1. The number of carbonyl (C=O) groups excluding carboxylic acids is 1. The van der Waals surface area contributed by atoms with Gasteiger partial charge in [0.2, 0.25) is 0 Å². The van der Waals surface area contributed by atoms with Gasteiger partial charge in [0.25, 0.3) is 0 Å². The highest BCUT2D eigenvalue weighted by Crippen LogP contribution is 2.14. The third kappa shape index (κ3) is 3.43. The second-order valence-electron chi connectivity index (χ2n) is 5.20. The van der Waals surface area contributed by atoms with Crippen molar-refractivity contribution in [3.05, 3.63) is 12.8 Å². The van der Waals surface area contributed by atoms with Crippen LogP contribution in [-0.2, 0) is 4.74 Å². The average molecular weight is 226 g/mol. The SMILES string of the molecule is C=CN1CCN(C(=O)OC(C)(C)C)C[C@H]1C. The van der Waals surface area contributed by atoms with Crippen LogP contribution >= 0.6 is 0 Å². The summed E-state index contributed by atoms with van der Waals surface area (Å²) in [5.41, 5.74) is -0.421. The fourth-order valence-electron chi connectivity index (χ4n) is 1.74. The molecule has 0 aromatic carbocycles. The summed E-state index contributed by atoms with van der Waals surface area (Å²) in [6, 6.07) is 0.304. The Bertz CT molecular complexity index is 271. The molecule has 16 heavy (non-hydrogen) atoms. The van der Waals surface area contributed by atoms with Crippen molar-refractivity contribution in [2.45, 2.75) is 39.3 Å². The van der Waals surface area contributed by atoms with E-state index in [0.717, 1.165) is 6.54 Å². The minimum absolute atomic E-state index is 0.219. The Labute approximate surface area is 97.9 Å². The molecule has 1 aliphatic heterocycles. The van der Waals surface area contributed by atoms with Crippen molar-refractivity contribution in [1.29, 1.82) is 0 Å². The Balaban J connectivity index is 2.51. The molecule has 0 unspecified atom stereocenters. The molecule has 0 radical (unpaired) electrons. The molecule has 1 atom stereocenters. The van der Waals surface area contributed by atoms with Gasteiger partial charge in [-0.1, -0.05) is 6.58 Å². The van der Waals surface area contributed by atoms with E-state index in [0.29, 0.717) is 19.1 Å². The highest BCUT2D eigenvalue weighted by Gasteiger charge is 2.28. The van der Waals surface area contributed by atoms with E-state index in [4.69, 9.17) is 4.74 Å². The summed E-state index contributed by atoms with van der Waals surface area (Å²) in [4.78, 5) is 15.7. The van der Waals surface area contributed by atoms with E-state index in [2.05, 4.69) is 18.4 Å². The smallest absolute Gasteiger partial charge is 0.410 e. The summed E-state index contributed by atoms with van der Waals surface area (Å²) in [6.07, 6.45) is 1.61. The molecule has 1 amide bonds. The number of carbonyl (C=O) groups is 1. The number of nitrogens with zero attached hydrogens (tertiary/aromatic N) is 2. The molecule has 0 spiro atoms. The molecule has 0 N–H and O–H groups in total. The quantitative estimate of drug-likeness (QED) is 0.686. The number of amides is 1. The first-order valence-electron chi connectivity index (χ1n) is 5.69. The van der Waals surface area contributed by atoms with Crippen LogP contribution in [0.15, 0.2) is 12.8 Å². The fourth-order valence-corrected chi connectivity index (χ4v) is 1.74. The van der Waals surface area contributed by atoms with Gasteiger partial charge in [-0.25, -0.2) is 4.79 Å². The molecule has 4 nitrogen and oxygen atoms in total. The maximum atomic E-state index is 11.8. The third-order valence-electron chi connectivity index (χ3n) is 2.57. The van der Waals surface area contributed by atoms with E-state index in [1.165, 1.54) is 0 Å². The van der Waals surface area contributed by atoms with Crippen molar-refractivity contribution in [3.63, 3.8) is 0 Å². The molecule has 1 fully saturated rings. The van der Waals surface area contributed by atoms with E-state index >= 15 is 0 Å². The van der Waals surface area contributed by atoms with Crippen LogP contribution in [0.5, 0.6) is 0 Å². The van der Waals surface area contributed by atoms with Crippen LogP contribution in [0.2, 0.25) is 0 Å². The molecule has 4 heteroatoms. The largest absolute Gasteiger partial charge is 0.444 e. The lowest BCUT2D eigenvalue weighted by Gasteiger charge is -2.39. The first-order valence-corrected chi connectivity index (χ1v) is 5.69. The van der Waals surface area contributed by atoms with Crippen LogP contribution < -0.4 is 0 Å². The van der Waals surface area contributed by atoms with Crippen molar-refractivity contribution >= 4 is 6.09 Å². The zero-order valence-corrected chi connectivity index (χ0v) is 10.7. The standard InChI is InChI=1S/C12H22N2O2/c1-6-13-7-8-14(9-10(13)2)11(15)16-12(3,4)5/h6,10H,1,7-9H2,2-5H3/t10-/m1/s1. The highest BCUT2D eigenvalue weighted by molar-refractivity contribution is 5.68. The molecular formula is C12H22N2O2. The van der Waals surface area contributed by atoms with Crippen molar-refractivity contribution in [3.8, 4) is 0 Å². The third-order valence-corrected chi connectivity index (χ3v) is 2.57. The molecule has 0 bridgehead atoms. The molecule has 1 heterocycles. The van der Waals surface area contributed by atoms with E-state index in [9.17, 15) is 4.79 Å².